The second kappa shape index (κ2) is 10.2. The molecular formula is C20H30N4O3. The van der Waals surface area contributed by atoms with Crippen molar-refractivity contribution in [2.24, 2.45) is 4.99 Å². The zero-order chi connectivity index (χ0) is 18.9. The molecule has 1 aromatic carbocycles. The first kappa shape index (κ1) is 19.5. The number of benzene rings is 1. The summed E-state index contributed by atoms with van der Waals surface area (Å²) in [7, 11) is 0. The summed E-state index contributed by atoms with van der Waals surface area (Å²) in [6.45, 7) is 5.05. The Morgan fingerprint density at radius 2 is 2.19 bits per heavy atom. The molecule has 7 heteroatoms. The lowest BCUT2D eigenvalue weighted by molar-refractivity contribution is -0.123. The number of nitrogens with one attached hydrogen (secondary N) is 3. The van der Waals surface area contributed by atoms with Gasteiger partial charge in [0.15, 0.2) is 12.6 Å². The highest BCUT2D eigenvalue weighted by atomic mass is 16.5. The number of carbonyl (C=O) groups is 1. The van der Waals surface area contributed by atoms with Crippen molar-refractivity contribution < 1.29 is 14.3 Å². The van der Waals surface area contributed by atoms with Crippen molar-refractivity contribution in [3.05, 3.63) is 29.8 Å². The Balaban J connectivity index is 1.48. The number of aliphatic imine (C=N–C) groups is 1. The van der Waals surface area contributed by atoms with Crippen LogP contribution in [0, 0.1) is 0 Å². The normalized spacial score (nSPS) is 19.6. The standard InChI is InChI=1S/C20H30N4O3/c1-2-21-20(23-13-18-7-4-10-26-18)22-12-15-5-3-6-17(11-15)27-14-19(25)24-16-8-9-16/h3,5-6,11,16,18H,2,4,7-10,12-14H2,1H3,(H,24,25)(H2,21,22,23). The van der Waals surface area contributed by atoms with Crippen molar-refractivity contribution in [2.45, 2.75) is 51.3 Å². The van der Waals surface area contributed by atoms with E-state index in [-0.39, 0.29) is 18.6 Å². The quantitative estimate of drug-likeness (QED) is 0.451. The van der Waals surface area contributed by atoms with Gasteiger partial charge in [0.2, 0.25) is 0 Å². The molecule has 1 aliphatic heterocycles. The van der Waals surface area contributed by atoms with Crippen molar-refractivity contribution in [2.75, 3.05) is 26.3 Å². The summed E-state index contributed by atoms with van der Waals surface area (Å²) in [5.74, 6) is 1.41. The van der Waals surface area contributed by atoms with Gasteiger partial charge in [0.05, 0.1) is 12.6 Å². The number of hydrogen-bond acceptors (Lipinski definition) is 4. The van der Waals surface area contributed by atoms with Gasteiger partial charge in [-0.2, -0.15) is 0 Å². The Hall–Kier alpha value is -2.28. The van der Waals surface area contributed by atoms with Gasteiger partial charge in [-0.1, -0.05) is 12.1 Å². The van der Waals surface area contributed by atoms with E-state index in [4.69, 9.17) is 9.47 Å². The molecule has 27 heavy (non-hydrogen) atoms. The Morgan fingerprint density at radius 3 is 2.93 bits per heavy atom. The van der Waals surface area contributed by atoms with Crippen molar-refractivity contribution >= 4 is 11.9 Å². The molecule has 7 nitrogen and oxygen atoms in total. The van der Waals surface area contributed by atoms with Crippen molar-refractivity contribution in [1.82, 2.24) is 16.0 Å². The third-order valence-electron chi connectivity index (χ3n) is 4.50. The molecule has 148 valence electrons. The second-order valence-corrected chi connectivity index (χ2v) is 6.99. The fourth-order valence-electron chi connectivity index (χ4n) is 2.91. The Labute approximate surface area is 160 Å². The maximum absolute atomic E-state index is 11.7. The van der Waals surface area contributed by atoms with Crippen LogP contribution in [0.3, 0.4) is 0 Å². The van der Waals surface area contributed by atoms with Crippen LogP contribution >= 0.6 is 0 Å². The number of nitrogens with zero attached hydrogens (tertiary/aromatic N) is 1. The minimum Gasteiger partial charge on any atom is -0.484 e. The topological polar surface area (TPSA) is 84.0 Å². The zero-order valence-corrected chi connectivity index (χ0v) is 16.0. The van der Waals surface area contributed by atoms with Gasteiger partial charge < -0.3 is 25.4 Å². The molecule has 2 fully saturated rings. The molecule has 1 heterocycles. The van der Waals surface area contributed by atoms with E-state index in [1.165, 1.54) is 0 Å². The Kier molecular flexibility index (Phi) is 7.33. The molecule has 1 aliphatic carbocycles. The largest absolute Gasteiger partial charge is 0.484 e. The highest BCUT2D eigenvalue weighted by molar-refractivity contribution is 5.79. The van der Waals surface area contributed by atoms with Gasteiger partial charge in [-0.3, -0.25) is 4.79 Å². The molecule has 2 aliphatic rings. The molecule has 0 bridgehead atoms. The summed E-state index contributed by atoms with van der Waals surface area (Å²) in [5, 5.41) is 9.51. The van der Waals surface area contributed by atoms with E-state index < -0.39 is 0 Å². The van der Waals surface area contributed by atoms with Gasteiger partial charge >= 0.3 is 0 Å². The number of amides is 1. The van der Waals surface area contributed by atoms with Crippen LogP contribution < -0.4 is 20.7 Å². The number of guanidine groups is 1. The number of carbonyl (C=O) groups excluding carboxylic acids is 1. The fraction of sp³-hybridized carbons (Fsp3) is 0.600. The van der Waals surface area contributed by atoms with E-state index in [1.54, 1.807) is 0 Å². The fourth-order valence-corrected chi connectivity index (χ4v) is 2.91. The molecule has 1 saturated heterocycles. The molecule has 1 atom stereocenters. The van der Waals surface area contributed by atoms with Gasteiger partial charge in [-0.25, -0.2) is 4.99 Å². The SMILES string of the molecule is CCNC(=NCc1cccc(OCC(=O)NC2CC2)c1)NCC1CCCO1. The summed E-state index contributed by atoms with van der Waals surface area (Å²) in [6, 6.07) is 8.07. The van der Waals surface area contributed by atoms with Crippen molar-refractivity contribution in [3.63, 3.8) is 0 Å². The van der Waals surface area contributed by atoms with Crippen molar-refractivity contribution in [3.8, 4) is 5.75 Å². The molecule has 1 aromatic rings. The number of hydrogen-bond donors (Lipinski definition) is 3. The highest BCUT2D eigenvalue weighted by Gasteiger charge is 2.23. The average Bonchev–Trinajstić information content (AvgIpc) is 3.33. The van der Waals surface area contributed by atoms with E-state index in [0.717, 1.165) is 56.9 Å². The Bertz CT molecular complexity index is 640. The molecule has 0 spiro atoms. The van der Waals surface area contributed by atoms with E-state index in [9.17, 15) is 4.79 Å². The lowest BCUT2D eigenvalue weighted by Crippen LogP contribution is -2.41. The van der Waals surface area contributed by atoms with Crippen LogP contribution in [0.1, 0.15) is 38.2 Å². The van der Waals surface area contributed by atoms with Crippen LogP contribution in [-0.2, 0) is 16.1 Å². The minimum absolute atomic E-state index is 0.0504. The summed E-state index contributed by atoms with van der Waals surface area (Å²) in [6.07, 6.45) is 4.65. The van der Waals surface area contributed by atoms with Crippen molar-refractivity contribution in [1.29, 1.82) is 0 Å². The first-order valence-electron chi connectivity index (χ1n) is 9.88. The average molecular weight is 374 g/mol. The van der Waals surface area contributed by atoms with Gasteiger partial charge in [0.1, 0.15) is 5.75 Å². The minimum atomic E-state index is -0.0614. The third kappa shape index (κ3) is 7.09. The highest BCUT2D eigenvalue weighted by Crippen LogP contribution is 2.18. The number of ether oxygens (including phenoxy) is 2. The van der Waals surface area contributed by atoms with Crippen LogP contribution in [0.5, 0.6) is 5.75 Å². The third-order valence-corrected chi connectivity index (χ3v) is 4.50. The van der Waals surface area contributed by atoms with Crippen LogP contribution in [0.15, 0.2) is 29.3 Å². The van der Waals surface area contributed by atoms with Crippen LogP contribution in [-0.4, -0.2) is 50.3 Å². The maximum atomic E-state index is 11.7. The van der Waals surface area contributed by atoms with Crippen LogP contribution in [0.2, 0.25) is 0 Å². The molecule has 3 N–H and O–H groups in total. The van der Waals surface area contributed by atoms with Gasteiger partial charge in [0, 0.05) is 25.7 Å². The van der Waals surface area contributed by atoms with Crippen LogP contribution in [0.25, 0.3) is 0 Å². The van der Waals surface area contributed by atoms with Gasteiger partial charge in [-0.15, -0.1) is 0 Å². The molecule has 1 saturated carbocycles. The molecule has 1 unspecified atom stereocenters. The monoisotopic (exact) mass is 374 g/mol. The van der Waals surface area contributed by atoms with E-state index in [2.05, 4.69) is 20.9 Å². The summed E-state index contributed by atoms with van der Waals surface area (Å²) in [4.78, 5) is 16.4. The molecule has 1 amide bonds. The van der Waals surface area contributed by atoms with E-state index >= 15 is 0 Å². The van der Waals surface area contributed by atoms with E-state index in [0.29, 0.717) is 18.3 Å². The van der Waals surface area contributed by atoms with E-state index in [1.807, 2.05) is 31.2 Å². The second-order valence-electron chi connectivity index (χ2n) is 6.99. The first-order valence-corrected chi connectivity index (χ1v) is 9.88. The predicted octanol–water partition coefficient (Wildman–Crippen LogP) is 1.58. The maximum Gasteiger partial charge on any atom is 0.258 e. The lowest BCUT2D eigenvalue weighted by atomic mass is 10.2. The number of rotatable bonds is 9. The smallest absolute Gasteiger partial charge is 0.258 e. The van der Waals surface area contributed by atoms with Gasteiger partial charge in [-0.05, 0) is 50.3 Å². The lowest BCUT2D eigenvalue weighted by Gasteiger charge is -2.15. The summed E-state index contributed by atoms with van der Waals surface area (Å²) in [5.41, 5.74) is 1.03. The molecule has 0 aromatic heterocycles. The summed E-state index contributed by atoms with van der Waals surface area (Å²) < 4.78 is 11.2. The summed E-state index contributed by atoms with van der Waals surface area (Å²) >= 11 is 0. The molecular weight excluding hydrogens is 344 g/mol. The van der Waals surface area contributed by atoms with Crippen LogP contribution in [0.4, 0.5) is 0 Å². The molecule has 3 rings (SSSR count). The molecule has 0 radical (unpaired) electrons. The zero-order valence-electron chi connectivity index (χ0n) is 16.0. The first-order chi connectivity index (χ1) is 13.2. The predicted molar refractivity (Wildman–Crippen MR) is 105 cm³/mol. The Morgan fingerprint density at radius 1 is 1.30 bits per heavy atom. The van der Waals surface area contributed by atoms with Gasteiger partial charge in [0.25, 0.3) is 5.91 Å².